The second kappa shape index (κ2) is 8.48. The predicted molar refractivity (Wildman–Crippen MR) is 129 cm³/mol. The molecule has 2 amide bonds. The molecule has 0 saturated heterocycles. The Morgan fingerprint density at radius 1 is 0.758 bits per heavy atom. The minimum atomic E-state index is -0.563. The number of rotatable bonds is 5. The van der Waals surface area contributed by atoms with Crippen molar-refractivity contribution in [3.05, 3.63) is 101 Å². The van der Waals surface area contributed by atoms with Crippen molar-refractivity contribution in [2.24, 2.45) is 0 Å². The Hall–Kier alpha value is -4.03. The van der Waals surface area contributed by atoms with Gasteiger partial charge in [-0.05, 0) is 35.7 Å². The third kappa shape index (κ3) is 3.54. The second-order valence-corrected chi connectivity index (χ2v) is 8.34. The van der Waals surface area contributed by atoms with Gasteiger partial charge in [-0.25, -0.2) is 9.69 Å². The molecule has 0 atom stereocenters. The van der Waals surface area contributed by atoms with E-state index in [9.17, 15) is 14.4 Å². The first kappa shape index (κ1) is 20.8. The van der Waals surface area contributed by atoms with Crippen LogP contribution in [0, 0.1) is 0 Å². The number of anilines is 1. The van der Waals surface area contributed by atoms with E-state index in [0.29, 0.717) is 16.7 Å². The topological polar surface area (TPSA) is 63.7 Å². The van der Waals surface area contributed by atoms with Crippen LogP contribution in [0.5, 0.6) is 0 Å². The molecule has 33 heavy (non-hydrogen) atoms. The quantitative estimate of drug-likeness (QED) is 0.272. The zero-order valence-electron chi connectivity index (χ0n) is 17.8. The lowest BCUT2D eigenvalue weighted by Gasteiger charge is -2.15. The maximum atomic E-state index is 13.0. The number of imide groups is 1. The summed E-state index contributed by atoms with van der Waals surface area (Å²) in [6.45, 7) is 1.91. The number of hydrogen-bond acceptors (Lipinski definition) is 5. The van der Waals surface area contributed by atoms with Crippen LogP contribution in [0.15, 0.2) is 84.2 Å². The highest BCUT2D eigenvalue weighted by atomic mass is 32.1. The number of hydrogen-bond donors (Lipinski definition) is 0. The largest absolute Gasteiger partial charge is 0.462 e. The molecular weight excluding hydrogens is 434 g/mol. The van der Waals surface area contributed by atoms with E-state index in [1.807, 2.05) is 54.6 Å². The summed E-state index contributed by atoms with van der Waals surface area (Å²) in [6, 6.07) is 24.5. The van der Waals surface area contributed by atoms with Crippen molar-refractivity contribution in [2.45, 2.75) is 6.92 Å². The number of amides is 2. The minimum Gasteiger partial charge on any atom is -0.462 e. The Kier molecular flexibility index (Phi) is 5.36. The van der Waals surface area contributed by atoms with E-state index < -0.39 is 17.8 Å². The van der Waals surface area contributed by atoms with Crippen molar-refractivity contribution < 1.29 is 19.1 Å². The van der Waals surface area contributed by atoms with Crippen molar-refractivity contribution in [1.82, 2.24) is 0 Å². The molecular formula is C27H19NO4S. The lowest BCUT2D eigenvalue weighted by Crippen LogP contribution is -2.30. The molecule has 2 heterocycles. The molecule has 1 aliphatic rings. The Morgan fingerprint density at radius 2 is 1.30 bits per heavy atom. The van der Waals surface area contributed by atoms with Crippen LogP contribution in [-0.4, -0.2) is 24.4 Å². The van der Waals surface area contributed by atoms with E-state index in [-0.39, 0.29) is 17.2 Å². The van der Waals surface area contributed by atoms with Crippen LogP contribution in [-0.2, 0) is 4.74 Å². The summed E-state index contributed by atoms with van der Waals surface area (Å²) in [4.78, 5) is 40.2. The van der Waals surface area contributed by atoms with Gasteiger partial charge in [-0.15, -0.1) is 11.3 Å². The van der Waals surface area contributed by atoms with Gasteiger partial charge in [0, 0.05) is 10.9 Å². The van der Waals surface area contributed by atoms with E-state index in [1.54, 1.807) is 36.6 Å². The molecule has 162 valence electrons. The first-order valence-corrected chi connectivity index (χ1v) is 11.4. The zero-order valence-corrected chi connectivity index (χ0v) is 18.6. The SMILES string of the molecule is CCOC(=O)c1c(-c2ccc(-c3ccccc3)cc2)csc1N1C(=O)c2ccccc2C1=O. The molecule has 0 aliphatic carbocycles. The standard InChI is InChI=1S/C27H19NO4S/c1-2-32-27(31)23-22(19-14-12-18(13-15-19)17-8-4-3-5-9-17)16-33-26(23)28-24(29)20-10-6-7-11-21(20)25(28)30/h3-16H,2H2,1H3. The minimum absolute atomic E-state index is 0.183. The van der Waals surface area contributed by atoms with Crippen LogP contribution in [0.3, 0.4) is 0 Å². The lowest BCUT2D eigenvalue weighted by atomic mass is 9.99. The summed E-state index contributed by atoms with van der Waals surface area (Å²) < 4.78 is 5.31. The summed E-state index contributed by atoms with van der Waals surface area (Å²) >= 11 is 1.18. The smallest absolute Gasteiger partial charge is 0.341 e. The molecule has 0 bridgehead atoms. The average molecular weight is 454 g/mol. The molecule has 5 nitrogen and oxygen atoms in total. The number of benzene rings is 3. The molecule has 0 unspecified atom stereocenters. The zero-order chi connectivity index (χ0) is 22.9. The molecule has 0 saturated carbocycles. The number of carbonyl (C=O) groups excluding carboxylic acids is 3. The summed E-state index contributed by atoms with van der Waals surface area (Å²) in [5.74, 6) is -1.43. The third-order valence-electron chi connectivity index (χ3n) is 5.55. The first-order valence-electron chi connectivity index (χ1n) is 10.5. The average Bonchev–Trinajstić information content (AvgIpc) is 3.39. The fourth-order valence-corrected chi connectivity index (χ4v) is 5.04. The third-order valence-corrected chi connectivity index (χ3v) is 6.51. The molecule has 3 aromatic carbocycles. The van der Waals surface area contributed by atoms with Gasteiger partial charge in [-0.1, -0.05) is 66.7 Å². The molecule has 1 aromatic heterocycles. The normalized spacial score (nSPS) is 12.7. The number of thiophene rings is 1. The van der Waals surface area contributed by atoms with Gasteiger partial charge in [0.15, 0.2) is 0 Å². The Morgan fingerprint density at radius 3 is 1.91 bits per heavy atom. The number of carbonyl (C=O) groups is 3. The number of ether oxygens (including phenoxy) is 1. The van der Waals surface area contributed by atoms with Gasteiger partial charge in [0.05, 0.1) is 17.7 Å². The van der Waals surface area contributed by atoms with Crippen LogP contribution in [0.1, 0.15) is 38.0 Å². The Bertz CT molecular complexity index is 1340. The lowest BCUT2D eigenvalue weighted by molar-refractivity contribution is 0.0529. The molecule has 4 aromatic rings. The molecule has 1 aliphatic heterocycles. The molecule has 0 radical (unpaired) electrons. The van der Waals surface area contributed by atoms with Gasteiger partial charge in [0.25, 0.3) is 11.8 Å². The van der Waals surface area contributed by atoms with E-state index in [1.165, 1.54) is 11.3 Å². The van der Waals surface area contributed by atoms with Gasteiger partial charge in [0.1, 0.15) is 10.6 Å². The molecule has 0 N–H and O–H groups in total. The predicted octanol–water partition coefficient (Wildman–Crippen LogP) is 6.06. The summed E-state index contributed by atoms with van der Waals surface area (Å²) in [6.07, 6.45) is 0. The second-order valence-electron chi connectivity index (χ2n) is 7.48. The maximum Gasteiger partial charge on any atom is 0.341 e. The molecule has 0 fully saturated rings. The highest BCUT2D eigenvalue weighted by Crippen LogP contribution is 2.42. The van der Waals surface area contributed by atoms with Crippen molar-refractivity contribution in [2.75, 3.05) is 11.5 Å². The van der Waals surface area contributed by atoms with Crippen molar-refractivity contribution in [1.29, 1.82) is 0 Å². The van der Waals surface area contributed by atoms with Crippen LogP contribution in [0.25, 0.3) is 22.3 Å². The van der Waals surface area contributed by atoms with E-state index in [4.69, 9.17) is 4.74 Å². The van der Waals surface area contributed by atoms with Gasteiger partial charge >= 0.3 is 5.97 Å². The summed E-state index contributed by atoms with van der Waals surface area (Å²) in [5, 5.41) is 2.07. The summed E-state index contributed by atoms with van der Waals surface area (Å²) in [5.41, 5.74) is 4.46. The van der Waals surface area contributed by atoms with Crippen LogP contribution in [0.2, 0.25) is 0 Å². The molecule has 5 rings (SSSR count). The van der Waals surface area contributed by atoms with Crippen molar-refractivity contribution in [3.63, 3.8) is 0 Å². The van der Waals surface area contributed by atoms with E-state index in [2.05, 4.69) is 0 Å². The fraction of sp³-hybridized carbons (Fsp3) is 0.0741. The van der Waals surface area contributed by atoms with E-state index >= 15 is 0 Å². The number of esters is 1. The van der Waals surface area contributed by atoms with Crippen molar-refractivity contribution in [3.8, 4) is 22.3 Å². The van der Waals surface area contributed by atoms with Crippen LogP contribution < -0.4 is 4.90 Å². The van der Waals surface area contributed by atoms with Gasteiger partial charge in [-0.2, -0.15) is 0 Å². The molecule has 6 heteroatoms. The highest BCUT2D eigenvalue weighted by Gasteiger charge is 2.40. The Labute approximate surface area is 194 Å². The van der Waals surface area contributed by atoms with Gasteiger partial charge < -0.3 is 4.74 Å². The van der Waals surface area contributed by atoms with Gasteiger partial charge in [-0.3, -0.25) is 9.59 Å². The number of nitrogens with zero attached hydrogens (tertiary/aromatic N) is 1. The first-order chi connectivity index (χ1) is 16.1. The van der Waals surface area contributed by atoms with Crippen LogP contribution in [0.4, 0.5) is 5.00 Å². The monoisotopic (exact) mass is 453 g/mol. The van der Waals surface area contributed by atoms with Crippen LogP contribution >= 0.6 is 11.3 Å². The van der Waals surface area contributed by atoms with E-state index in [0.717, 1.165) is 21.6 Å². The summed E-state index contributed by atoms with van der Waals surface area (Å²) in [7, 11) is 0. The molecule has 0 spiro atoms. The van der Waals surface area contributed by atoms with Crippen molar-refractivity contribution >= 4 is 34.1 Å². The highest BCUT2D eigenvalue weighted by molar-refractivity contribution is 7.15. The van der Waals surface area contributed by atoms with Gasteiger partial charge in [0.2, 0.25) is 0 Å². The Balaban J connectivity index is 1.59. The fourth-order valence-electron chi connectivity index (χ4n) is 3.97. The number of fused-ring (bicyclic) bond motifs is 1. The maximum absolute atomic E-state index is 13.0.